The number of thioether (sulfide) groups is 1. The highest BCUT2D eigenvalue weighted by Gasteiger charge is 2.15. The maximum atomic E-state index is 12.4. The highest BCUT2D eigenvalue weighted by Crippen LogP contribution is 2.24. The van der Waals surface area contributed by atoms with E-state index in [1.54, 1.807) is 7.11 Å². The molecule has 1 heterocycles. The van der Waals surface area contributed by atoms with Crippen LogP contribution in [-0.2, 0) is 24.2 Å². The van der Waals surface area contributed by atoms with Crippen LogP contribution in [0, 0.1) is 0 Å². The summed E-state index contributed by atoms with van der Waals surface area (Å²) in [4.78, 5) is 23.5. The van der Waals surface area contributed by atoms with Gasteiger partial charge in [0, 0.05) is 13.0 Å². The Balaban J connectivity index is 1.54. The summed E-state index contributed by atoms with van der Waals surface area (Å²) < 4.78 is 7.19. The molecule has 2 N–H and O–H groups in total. The van der Waals surface area contributed by atoms with Gasteiger partial charge in [0.15, 0.2) is 5.16 Å². The highest BCUT2D eigenvalue weighted by molar-refractivity contribution is 7.99. The number of carbonyl (C=O) groups excluding carboxylic acids is 1. The summed E-state index contributed by atoms with van der Waals surface area (Å²) in [6.45, 7) is 2.71. The van der Waals surface area contributed by atoms with Gasteiger partial charge in [-0.15, -0.1) is 10.2 Å². The number of hydrogen-bond donors (Lipinski definition) is 2. The van der Waals surface area contributed by atoms with Crippen molar-refractivity contribution in [2.45, 2.75) is 37.9 Å². The van der Waals surface area contributed by atoms with Crippen molar-refractivity contribution in [3.8, 4) is 5.75 Å². The van der Waals surface area contributed by atoms with Crippen LogP contribution < -0.4 is 10.1 Å². The topological polar surface area (TPSA) is 106 Å². The van der Waals surface area contributed by atoms with E-state index in [1.807, 2.05) is 23.6 Å². The predicted molar refractivity (Wildman–Crippen MR) is 128 cm³/mol. The van der Waals surface area contributed by atoms with E-state index in [0.29, 0.717) is 11.7 Å². The Bertz CT molecular complexity index is 1120. The van der Waals surface area contributed by atoms with E-state index >= 15 is 0 Å². The normalized spacial score (nSPS) is 10.8. The smallest absolute Gasteiger partial charge is 0.335 e. The van der Waals surface area contributed by atoms with E-state index in [2.05, 4.69) is 27.6 Å². The van der Waals surface area contributed by atoms with Gasteiger partial charge >= 0.3 is 5.97 Å². The lowest BCUT2D eigenvalue weighted by Crippen LogP contribution is -2.15. The molecule has 1 aromatic heterocycles. The molecule has 0 unspecified atom stereocenters. The molecule has 33 heavy (non-hydrogen) atoms. The van der Waals surface area contributed by atoms with Crippen LogP contribution in [0.1, 0.15) is 35.1 Å². The third-order valence-electron chi connectivity index (χ3n) is 4.95. The van der Waals surface area contributed by atoms with Crippen LogP contribution in [0.4, 0.5) is 5.69 Å². The summed E-state index contributed by atoms with van der Waals surface area (Å²) in [5, 5.41) is 21.3. The van der Waals surface area contributed by atoms with E-state index in [4.69, 9.17) is 21.4 Å². The molecular formula is C23H25ClN4O4S. The Morgan fingerprint density at radius 3 is 2.58 bits per heavy atom. The van der Waals surface area contributed by atoms with Crippen LogP contribution in [0.15, 0.2) is 47.6 Å². The van der Waals surface area contributed by atoms with Gasteiger partial charge in [0.2, 0.25) is 5.91 Å². The first-order valence-corrected chi connectivity index (χ1v) is 11.8. The van der Waals surface area contributed by atoms with Gasteiger partial charge < -0.3 is 19.7 Å². The number of rotatable bonds is 11. The predicted octanol–water partition coefficient (Wildman–Crippen LogP) is 4.56. The van der Waals surface area contributed by atoms with Gasteiger partial charge in [-0.3, -0.25) is 4.79 Å². The zero-order valence-corrected chi connectivity index (χ0v) is 19.9. The summed E-state index contributed by atoms with van der Waals surface area (Å²) in [6.07, 6.45) is 2.62. The van der Waals surface area contributed by atoms with Gasteiger partial charge in [-0.1, -0.05) is 35.5 Å². The molecule has 0 spiro atoms. The number of carboxylic acid groups (broad SMARTS) is 1. The number of halogens is 1. The van der Waals surface area contributed by atoms with Crippen molar-refractivity contribution < 1.29 is 19.4 Å². The number of aryl methyl sites for hydroxylation is 2. The number of benzene rings is 2. The van der Waals surface area contributed by atoms with Gasteiger partial charge in [-0.2, -0.15) is 0 Å². The maximum Gasteiger partial charge on any atom is 0.335 e. The summed E-state index contributed by atoms with van der Waals surface area (Å²) in [7, 11) is 1.65. The lowest BCUT2D eigenvalue weighted by atomic mass is 10.1. The van der Waals surface area contributed by atoms with Crippen LogP contribution >= 0.6 is 23.4 Å². The number of aromatic nitrogens is 3. The van der Waals surface area contributed by atoms with Gasteiger partial charge in [0.25, 0.3) is 0 Å². The van der Waals surface area contributed by atoms with E-state index in [-0.39, 0.29) is 27.9 Å². The Morgan fingerprint density at radius 1 is 1.15 bits per heavy atom. The Hall–Kier alpha value is -3.04. The number of nitrogens with one attached hydrogen (secondary N) is 1. The molecule has 174 valence electrons. The largest absolute Gasteiger partial charge is 0.497 e. The standard InChI is InChI=1S/C23H25ClN4O4S/c1-3-28-20(6-4-5-15-7-10-17(32-2)11-8-15)26-27-23(28)33-14-21(29)25-19-13-16(22(30)31)9-12-18(19)24/h7-13H,3-6,14H2,1-2H3,(H,25,29)(H,30,31). The molecular weight excluding hydrogens is 464 g/mol. The summed E-state index contributed by atoms with van der Waals surface area (Å²) in [5.41, 5.74) is 1.54. The second-order valence-corrected chi connectivity index (χ2v) is 8.53. The first-order valence-electron chi connectivity index (χ1n) is 10.4. The van der Waals surface area contributed by atoms with Gasteiger partial charge in [-0.25, -0.2) is 4.79 Å². The minimum atomic E-state index is -1.09. The molecule has 0 saturated carbocycles. The summed E-state index contributed by atoms with van der Waals surface area (Å²) >= 11 is 7.35. The van der Waals surface area contributed by atoms with E-state index in [0.717, 1.165) is 30.8 Å². The van der Waals surface area contributed by atoms with Crippen molar-refractivity contribution in [1.82, 2.24) is 14.8 Å². The van der Waals surface area contributed by atoms with E-state index in [1.165, 1.54) is 35.5 Å². The number of nitrogens with zero attached hydrogens (tertiary/aromatic N) is 3. The van der Waals surface area contributed by atoms with E-state index < -0.39 is 5.97 Å². The number of hydrogen-bond acceptors (Lipinski definition) is 6. The number of methoxy groups -OCH3 is 1. The van der Waals surface area contributed by atoms with Crippen molar-refractivity contribution in [3.63, 3.8) is 0 Å². The van der Waals surface area contributed by atoms with Crippen LogP contribution in [0.3, 0.4) is 0 Å². The molecule has 0 aliphatic rings. The average molecular weight is 489 g/mol. The fraction of sp³-hybridized carbons (Fsp3) is 0.304. The van der Waals surface area contributed by atoms with Gasteiger partial charge in [0.1, 0.15) is 11.6 Å². The van der Waals surface area contributed by atoms with Crippen molar-refractivity contribution >= 4 is 40.9 Å². The number of carbonyl (C=O) groups is 2. The molecule has 10 heteroatoms. The highest BCUT2D eigenvalue weighted by atomic mass is 35.5. The average Bonchev–Trinajstić information content (AvgIpc) is 3.21. The lowest BCUT2D eigenvalue weighted by molar-refractivity contribution is -0.113. The van der Waals surface area contributed by atoms with Gasteiger partial charge in [0.05, 0.1) is 29.1 Å². The van der Waals surface area contributed by atoms with Crippen LogP contribution in [0.25, 0.3) is 0 Å². The van der Waals surface area contributed by atoms with Crippen molar-refractivity contribution in [3.05, 3.63) is 64.4 Å². The fourth-order valence-corrected chi connectivity index (χ4v) is 4.23. The van der Waals surface area contributed by atoms with E-state index in [9.17, 15) is 9.59 Å². The number of ether oxygens (including phenoxy) is 1. The Kier molecular flexibility index (Phi) is 8.73. The fourth-order valence-electron chi connectivity index (χ4n) is 3.24. The number of amides is 1. The minimum Gasteiger partial charge on any atom is -0.497 e. The molecule has 0 fully saturated rings. The maximum absolute atomic E-state index is 12.4. The molecule has 0 aliphatic heterocycles. The number of anilines is 1. The molecule has 2 aromatic carbocycles. The zero-order valence-electron chi connectivity index (χ0n) is 18.4. The second kappa shape index (κ2) is 11.7. The molecule has 0 saturated heterocycles. The molecule has 1 amide bonds. The summed E-state index contributed by atoms with van der Waals surface area (Å²) in [5.74, 6) is 0.416. The first kappa shape index (κ1) is 24.6. The van der Waals surface area contributed by atoms with Crippen LogP contribution in [-0.4, -0.2) is 44.6 Å². The summed E-state index contributed by atoms with van der Waals surface area (Å²) in [6, 6.07) is 12.2. The second-order valence-electron chi connectivity index (χ2n) is 7.18. The first-order chi connectivity index (χ1) is 15.9. The Labute approximate surface area is 201 Å². The molecule has 3 rings (SSSR count). The number of aromatic carboxylic acids is 1. The van der Waals surface area contributed by atoms with Gasteiger partial charge in [-0.05, 0) is 55.7 Å². The third-order valence-corrected chi connectivity index (χ3v) is 6.25. The van der Waals surface area contributed by atoms with Crippen molar-refractivity contribution in [1.29, 1.82) is 0 Å². The quantitative estimate of drug-likeness (QED) is 0.381. The molecule has 8 nitrogen and oxygen atoms in total. The minimum absolute atomic E-state index is 0.0485. The third kappa shape index (κ3) is 6.72. The molecule has 0 atom stereocenters. The molecule has 0 aliphatic carbocycles. The Morgan fingerprint density at radius 2 is 1.91 bits per heavy atom. The molecule has 0 radical (unpaired) electrons. The van der Waals surface area contributed by atoms with Crippen LogP contribution in [0.5, 0.6) is 5.75 Å². The van der Waals surface area contributed by atoms with Crippen molar-refractivity contribution in [2.75, 3.05) is 18.2 Å². The SMILES string of the molecule is CCn1c(CCCc2ccc(OC)cc2)nnc1SCC(=O)Nc1cc(C(=O)O)ccc1Cl. The monoisotopic (exact) mass is 488 g/mol. The van der Waals surface area contributed by atoms with Crippen LogP contribution in [0.2, 0.25) is 5.02 Å². The zero-order chi connectivity index (χ0) is 23.8. The molecule has 3 aromatic rings. The molecule has 0 bridgehead atoms. The number of carboxylic acids is 1. The lowest BCUT2D eigenvalue weighted by Gasteiger charge is -2.09. The van der Waals surface area contributed by atoms with Crippen molar-refractivity contribution in [2.24, 2.45) is 0 Å².